The van der Waals surface area contributed by atoms with E-state index in [0.29, 0.717) is 17.7 Å². The number of alkyl carbamates (subject to hydrolysis) is 1. The van der Waals surface area contributed by atoms with E-state index in [9.17, 15) is 19.2 Å². The molecule has 4 amide bonds. The number of hydrogen-bond acceptors (Lipinski definition) is 5. The number of amides is 4. The lowest BCUT2D eigenvalue weighted by Crippen LogP contribution is -2.52. The van der Waals surface area contributed by atoms with Crippen LogP contribution in [0.25, 0.3) is 0 Å². The fourth-order valence-corrected chi connectivity index (χ4v) is 4.21. The van der Waals surface area contributed by atoms with E-state index >= 15 is 0 Å². The predicted octanol–water partition coefficient (Wildman–Crippen LogP) is 5.08. The van der Waals surface area contributed by atoms with Crippen molar-refractivity contribution in [2.75, 3.05) is 11.9 Å². The van der Waals surface area contributed by atoms with E-state index in [1.165, 1.54) is 4.90 Å². The van der Waals surface area contributed by atoms with Gasteiger partial charge in [-0.15, -0.1) is 0 Å². The molecule has 2 aromatic carbocycles. The smallest absolute Gasteiger partial charge is 0.408 e. The molecule has 40 heavy (non-hydrogen) atoms. The fourth-order valence-electron chi connectivity index (χ4n) is 4.21. The second kappa shape index (κ2) is 14.5. The number of para-hydroxylation sites is 1. The molecule has 9 nitrogen and oxygen atoms in total. The number of rotatable bonds is 12. The second-order valence-corrected chi connectivity index (χ2v) is 11.1. The highest BCUT2D eigenvalue weighted by Gasteiger charge is 2.36. The normalized spacial score (nSPS) is 12.7. The number of unbranched alkanes of at least 4 members (excludes halogenated alkanes) is 1. The maximum atomic E-state index is 14.2. The van der Waals surface area contributed by atoms with Crippen LogP contribution >= 0.6 is 0 Å². The number of carbonyl (C=O) groups is 4. The molecule has 0 bridgehead atoms. The lowest BCUT2D eigenvalue weighted by atomic mass is 9.97. The van der Waals surface area contributed by atoms with Crippen LogP contribution in [-0.4, -0.2) is 46.9 Å². The average molecular weight is 553 g/mol. The van der Waals surface area contributed by atoms with Gasteiger partial charge in [0.2, 0.25) is 11.8 Å². The highest BCUT2D eigenvalue weighted by atomic mass is 16.6. The molecule has 0 heterocycles. The minimum atomic E-state index is -1.13. The van der Waals surface area contributed by atoms with Crippen LogP contribution in [0.5, 0.6) is 0 Å². The summed E-state index contributed by atoms with van der Waals surface area (Å²) < 4.78 is 5.38. The SMILES string of the molecule is CCCCN(C(=O)C(CCC(N)=O)NC(=O)OC(C)(C)C)C(C(=O)Nc1ccccc1C)c1ccc(C)c(C)c1. The number of carbonyl (C=O) groups excluding carboxylic acids is 4. The summed E-state index contributed by atoms with van der Waals surface area (Å²) in [4.78, 5) is 54.0. The molecule has 4 N–H and O–H groups in total. The van der Waals surface area contributed by atoms with Gasteiger partial charge in [0.1, 0.15) is 17.7 Å². The summed E-state index contributed by atoms with van der Waals surface area (Å²) in [6.45, 7) is 13.2. The van der Waals surface area contributed by atoms with Gasteiger partial charge in [0.05, 0.1) is 0 Å². The zero-order chi connectivity index (χ0) is 30.0. The van der Waals surface area contributed by atoms with Crippen molar-refractivity contribution in [1.29, 1.82) is 0 Å². The van der Waals surface area contributed by atoms with Crippen molar-refractivity contribution in [1.82, 2.24) is 10.2 Å². The van der Waals surface area contributed by atoms with E-state index in [1.807, 2.05) is 70.2 Å². The Bertz CT molecular complexity index is 1200. The maximum absolute atomic E-state index is 14.2. The summed E-state index contributed by atoms with van der Waals surface area (Å²) in [7, 11) is 0. The molecule has 2 unspecified atom stereocenters. The Hall–Kier alpha value is -3.88. The van der Waals surface area contributed by atoms with Crippen LogP contribution in [0.2, 0.25) is 0 Å². The Morgan fingerprint density at radius 2 is 1.65 bits per heavy atom. The molecule has 0 aliphatic heterocycles. The average Bonchev–Trinajstić information content (AvgIpc) is 2.86. The van der Waals surface area contributed by atoms with Crippen molar-refractivity contribution in [3.63, 3.8) is 0 Å². The number of anilines is 1. The quantitative estimate of drug-likeness (QED) is 0.338. The molecule has 0 radical (unpaired) electrons. The van der Waals surface area contributed by atoms with Gasteiger partial charge < -0.3 is 26.0 Å². The van der Waals surface area contributed by atoms with E-state index in [-0.39, 0.29) is 25.3 Å². The van der Waals surface area contributed by atoms with Crippen molar-refractivity contribution in [3.8, 4) is 0 Å². The number of benzene rings is 2. The van der Waals surface area contributed by atoms with Gasteiger partial charge >= 0.3 is 6.09 Å². The Kier molecular flexibility index (Phi) is 11.7. The topological polar surface area (TPSA) is 131 Å². The number of nitrogens with one attached hydrogen (secondary N) is 2. The van der Waals surface area contributed by atoms with Crippen molar-refractivity contribution in [2.45, 2.75) is 91.8 Å². The zero-order valence-corrected chi connectivity index (χ0v) is 24.8. The van der Waals surface area contributed by atoms with Gasteiger partial charge in [0, 0.05) is 18.7 Å². The highest BCUT2D eigenvalue weighted by molar-refractivity contribution is 5.99. The van der Waals surface area contributed by atoms with Gasteiger partial charge in [-0.25, -0.2) is 4.79 Å². The summed E-state index contributed by atoms with van der Waals surface area (Å²) in [5.74, 6) is -1.48. The third kappa shape index (κ3) is 9.70. The summed E-state index contributed by atoms with van der Waals surface area (Å²) in [6, 6.07) is 11.0. The van der Waals surface area contributed by atoms with Gasteiger partial charge in [0.15, 0.2) is 0 Å². The first-order chi connectivity index (χ1) is 18.7. The summed E-state index contributed by atoms with van der Waals surface area (Å²) in [6.07, 6.45) is 0.443. The molecule has 2 atom stereocenters. The monoisotopic (exact) mass is 552 g/mol. The number of hydrogen-bond donors (Lipinski definition) is 3. The summed E-state index contributed by atoms with van der Waals surface area (Å²) in [5, 5.41) is 5.61. The van der Waals surface area contributed by atoms with E-state index < -0.39 is 35.6 Å². The van der Waals surface area contributed by atoms with Crippen molar-refractivity contribution >= 4 is 29.5 Å². The molecule has 0 aliphatic rings. The largest absolute Gasteiger partial charge is 0.444 e. The van der Waals surface area contributed by atoms with Crippen molar-refractivity contribution in [3.05, 3.63) is 64.7 Å². The third-order valence-corrected chi connectivity index (χ3v) is 6.51. The van der Waals surface area contributed by atoms with E-state index in [2.05, 4.69) is 10.6 Å². The fraction of sp³-hybridized carbons (Fsp3) is 0.484. The maximum Gasteiger partial charge on any atom is 0.408 e. The van der Waals surface area contributed by atoms with Crippen molar-refractivity contribution in [2.24, 2.45) is 5.73 Å². The molecular formula is C31H44N4O5. The number of ether oxygens (including phenoxy) is 1. The lowest BCUT2D eigenvalue weighted by Gasteiger charge is -2.35. The molecule has 0 aromatic heterocycles. The van der Waals surface area contributed by atoms with Gasteiger partial charge in [0.25, 0.3) is 5.91 Å². The van der Waals surface area contributed by atoms with Crippen molar-refractivity contribution < 1.29 is 23.9 Å². The van der Waals surface area contributed by atoms with Gasteiger partial charge in [-0.2, -0.15) is 0 Å². The second-order valence-electron chi connectivity index (χ2n) is 11.1. The Morgan fingerprint density at radius 1 is 0.975 bits per heavy atom. The van der Waals surface area contributed by atoms with Gasteiger partial charge in [-0.3, -0.25) is 14.4 Å². The van der Waals surface area contributed by atoms with Crippen LogP contribution in [-0.2, 0) is 19.1 Å². The summed E-state index contributed by atoms with van der Waals surface area (Å²) in [5.41, 5.74) is 8.79. The lowest BCUT2D eigenvalue weighted by molar-refractivity contribution is -0.141. The summed E-state index contributed by atoms with van der Waals surface area (Å²) >= 11 is 0. The molecule has 0 aliphatic carbocycles. The molecular weight excluding hydrogens is 508 g/mol. The third-order valence-electron chi connectivity index (χ3n) is 6.51. The molecule has 9 heteroatoms. The van der Waals surface area contributed by atoms with Crippen LogP contribution < -0.4 is 16.4 Å². The molecule has 0 saturated carbocycles. The molecule has 2 aromatic rings. The highest BCUT2D eigenvalue weighted by Crippen LogP contribution is 2.28. The molecule has 0 saturated heterocycles. The van der Waals surface area contributed by atoms with E-state index in [0.717, 1.165) is 23.1 Å². The van der Waals surface area contributed by atoms with Gasteiger partial charge in [-0.05, 0) is 82.7 Å². The molecule has 218 valence electrons. The van der Waals surface area contributed by atoms with Crippen LogP contribution in [0.3, 0.4) is 0 Å². The number of primary amides is 1. The minimum absolute atomic E-state index is 0.0326. The molecule has 0 fully saturated rings. The minimum Gasteiger partial charge on any atom is -0.444 e. The first-order valence-corrected chi connectivity index (χ1v) is 13.8. The first-order valence-electron chi connectivity index (χ1n) is 13.8. The number of nitrogens with two attached hydrogens (primary N) is 1. The van der Waals surface area contributed by atoms with Crippen LogP contribution in [0.4, 0.5) is 10.5 Å². The Balaban J connectivity index is 2.58. The number of aryl methyl sites for hydroxylation is 3. The van der Waals surface area contributed by atoms with E-state index in [1.54, 1.807) is 20.8 Å². The predicted molar refractivity (Wildman–Crippen MR) is 157 cm³/mol. The number of nitrogens with zero attached hydrogens (tertiary/aromatic N) is 1. The molecule has 0 spiro atoms. The Labute approximate surface area is 237 Å². The van der Waals surface area contributed by atoms with Crippen LogP contribution in [0, 0.1) is 20.8 Å². The molecule has 2 rings (SSSR count). The van der Waals surface area contributed by atoms with Crippen LogP contribution in [0.1, 0.15) is 81.7 Å². The Morgan fingerprint density at radius 3 is 2.23 bits per heavy atom. The van der Waals surface area contributed by atoms with Crippen LogP contribution in [0.15, 0.2) is 42.5 Å². The van der Waals surface area contributed by atoms with Gasteiger partial charge in [-0.1, -0.05) is 49.7 Å². The van der Waals surface area contributed by atoms with E-state index in [4.69, 9.17) is 10.5 Å². The zero-order valence-electron chi connectivity index (χ0n) is 24.8. The first kappa shape index (κ1) is 32.3. The standard InChI is InChI=1S/C31H44N4O5/c1-8-9-18-35(29(38)25(16-17-26(32)36)34-30(39)40-31(5,6)7)27(23-15-14-20(2)22(4)19-23)28(37)33-24-13-11-10-12-21(24)3/h10-15,19,25,27H,8-9,16-18H2,1-7H3,(H2,32,36)(H,33,37)(H,34,39).